The van der Waals surface area contributed by atoms with E-state index >= 15 is 0 Å². The quantitative estimate of drug-likeness (QED) is 0.676. The second-order valence-electron chi connectivity index (χ2n) is 6.11. The Bertz CT molecular complexity index is 1000. The summed E-state index contributed by atoms with van der Waals surface area (Å²) in [5.74, 6) is 0.967. The lowest BCUT2D eigenvalue weighted by Gasteiger charge is -2.23. The van der Waals surface area contributed by atoms with Crippen LogP contribution in [0, 0.1) is 18.3 Å². The number of aromatic nitrogens is 4. The molecule has 0 aliphatic heterocycles. The molecule has 0 N–H and O–H groups in total. The van der Waals surface area contributed by atoms with Crippen molar-refractivity contribution in [1.29, 1.82) is 5.26 Å². The molecule has 1 unspecified atom stereocenters. The summed E-state index contributed by atoms with van der Waals surface area (Å²) in [6, 6.07) is 10.4. The predicted molar refractivity (Wildman–Crippen MR) is 93.7 cm³/mol. The topological polar surface area (TPSA) is 83.9 Å². The van der Waals surface area contributed by atoms with E-state index in [4.69, 9.17) is 5.26 Å². The Labute approximate surface area is 148 Å². The third kappa shape index (κ3) is 2.89. The fraction of sp³-hybridized carbons (Fsp3) is 0.278. The SMILES string of the molecule is Cc1ccc(C2CC(=O)c3cnc4nc(SCC#N)nn4c3C2)cc1. The lowest BCUT2D eigenvalue weighted by atomic mass is 9.82. The first-order valence-electron chi connectivity index (χ1n) is 8.00. The van der Waals surface area contributed by atoms with Crippen LogP contribution in [-0.4, -0.2) is 31.1 Å². The highest BCUT2D eigenvalue weighted by molar-refractivity contribution is 7.99. The minimum atomic E-state index is 0.0861. The zero-order valence-corrected chi connectivity index (χ0v) is 14.5. The molecule has 25 heavy (non-hydrogen) atoms. The Morgan fingerprint density at radius 3 is 2.88 bits per heavy atom. The molecule has 7 heteroatoms. The molecule has 1 aliphatic carbocycles. The van der Waals surface area contributed by atoms with E-state index in [1.54, 1.807) is 10.7 Å². The molecular weight excluding hydrogens is 334 g/mol. The molecule has 1 aromatic carbocycles. The van der Waals surface area contributed by atoms with E-state index in [1.165, 1.54) is 17.3 Å². The fourth-order valence-corrected chi connectivity index (χ4v) is 3.64. The third-order valence-electron chi connectivity index (χ3n) is 4.43. The Hall–Kier alpha value is -2.72. The third-order valence-corrected chi connectivity index (χ3v) is 5.14. The van der Waals surface area contributed by atoms with Crippen LogP contribution >= 0.6 is 11.8 Å². The van der Waals surface area contributed by atoms with Gasteiger partial charge in [-0.05, 0) is 24.8 Å². The monoisotopic (exact) mass is 349 g/mol. The minimum Gasteiger partial charge on any atom is -0.294 e. The van der Waals surface area contributed by atoms with Crippen LogP contribution in [0.25, 0.3) is 5.78 Å². The van der Waals surface area contributed by atoms with Crippen molar-refractivity contribution in [3.8, 4) is 6.07 Å². The number of nitrogens with zero attached hydrogens (tertiary/aromatic N) is 5. The summed E-state index contributed by atoms with van der Waals surface area (Å²) in [5.41, 5.74) is 3.84. The van der Waals surface area contributed by atoms with Crippen LogP contribution in [0.1, 0.15) is 39.5 Å². The molecule has 6 nitrogen and oxygen atoms in total. The smallest absolute Gasteiger partial charge is 0.253 e. The molecule has 0 saturated carbocycles. The van der Waals surface area contributed by atoms with Crippen molar-refractivity contribution in [3.05, 3.63) is 52.8 Å². The van der Waals surface area contributed by atoms with Crippen LogP contribution < -0.4 is 0 Å². The van der Waals surface area contributed by atoms with Gasteiger partial charge in [0.25, 0.3) is 5.78 Å². The van der Waals surface area contributed by atoms with Crippen molar-refractivity contribution in [2.45, 2.75) is 30.8 Å². The summed E-state index contributed by atoms with van der Waals surface area (Å²) in [4.78, 5) is 21.2. The number of Topliss-reactive ketones (excluding diaryl/α,β-unsaturated/α-hetero) is 1. The summed E-state index contributed by atoms with van der Waals surface area (Å²) in [7, 11) is 0. The van der Waals surface area contributed by atoms with Gasteiger partial charge in [0, 0.05) is 12.6 Å². The second-order valence-corrected chi connectivity index (χ2v) is 7.05. The highest BCUT2D eigenvalue weighted by atomic mass is 32.2. The number of hydrogen-bond acceptors (Lipinski definition) is 6. The van der Waals surface area contributed by atoms with Crippen molar-refractivity contribution >= 4 is 23.3 Å². The molecule has 0 radical (unpaired) electrons. The van der Waals surface area contributed by atoms with Gasteiger partial charge in [0.15, 0.2) is 5.78 Å². The maximum absolute atomic E-state index is 12.6. The molecule has 0 bridgehead atoms. The largest absolute Gasteiger partial charge is 0.294 e. The van der Waals surface area contributed by atoms with E-state index in [2.05, 4.69) is 52.3 Å². The number of nitriles is 1. The Morgan fingerprint density at radius 1 is 1.32 bits per heavy atom. The molecule has 1 atom stereocenters. The predicted octanol–water partition coefficient (Wildman–Crippen LogP) is 2.96. The van der Waals surface area contributed by atoms with E-state index in [0.717, 1.165) is 17.7 Å². The zero-order chi connectivity index (χ0) is 17.4. The highest BCUT2D eigenvalue weighted by Gasteiger charge is 2.29. The average molecular weight is 349 g/mol. The number of benzene rings is 1. The van der Waals surface area contributed by atoms with Crippen molar-refractivity contribution in [3.63, 3.8) is 0 Å². The van der Waals surface area contributed by atoms with Crippen LogP contribution in [0.3, 0.4) is 0 Å². The Kier molecular flexibility index (Phi) is 3.98. The summed E-state index contributed by atoms with van der Waals surface area (Å²) >= 11 is 1.27. The van der Waals surface area contributed by atoms with Gasteiger partial charge in [-0.3, -0.25) is 4.79 Å². The number of rotatable bonds is 3. The standard InChI is InChI=1S/C18H15N5OS/c1-11-2-4-12(5-3-11)13-8-15-14(16(24)9-13)10-20-17-21-18(22-23(15)17)25-7-6-19/h2-5,10,13H,7-9H2,1H3. The van der Waals surface area contributed by atoms with E-state index in [9.17, 15) is 4.79 Å². The summed E-state index contributed by atoms with van der Waals surface area (Å²) < 4.78 is 1.66. The lowest BCUT2D eigenvalue weighted by Crippen LogP contribution is -2.22. The number of fused-ring (bicyclic) bond motifs is 3. The van der Waals surface area contributed by atoms with E-state index < -0.39 is 0 Å². The second kappa shape index (κ2) is 6.30. The van der Waals surface area contributed by atoms with Crippen LogP contribution in [-0.2, 0) is 6.42 Å². The van der Waals surface area contributed by atoms with Gasteiger partial charge in [0.1, 0.15) is 0 Å². The van der Waals surface area contributed by atoms with Gasteiger partial charge in [-0.25, -0.2) is 4.98 Å². The molecule has 1 aliphatic rings. The van der Waals surface area contributed by atoms with Crippen LogP contribution in [0.15, 0.2) is 35.6 Å². The summed E-state index contributed by atoms with van der Waals surface area (Å²) in [6.07, 6.45) is 2.80. The van der Waals surface area contributed by atoms with Gasteiger partial charge in [-0.15, -0.1) is 5.10 Å². The number of aryl methyl sites for hydroxylation is 1. The molecule has 0 spiro atoms. The van der Waals surface area contributed by atoms with Crippen molar-refractivity contribution < 1.29 is 4.79 Å². The first-order valence-corrected chi connectivity index (χ1v) is 8.98. The normalized spacial score (nSPS) is 16.6. The van der Waals surface area contributed by atoms with Gasteiger partial charge in [0.05, 0.1) is 23.1 Å². The van der Waals surface area contributed by atoms with Gasteiger partial charge in [0.2, 0.25) is 5.16 Å². The van der Waals surface area contributed by atoms with Gasteiger partial charge >= 0.3 is 0 Å². The molecule has 0 amide bonds. The molecule has 0 fully saturated rings. The number of ketones is 1. The van der Waals surface area contributed by atoms with Crippen molar-refractivity contribution in [1.82, 2.24) is 19.6 Å². The van der Waals surface area contributed by atoms with Crippen molar-refractivity contribution in [2.75, 3.05) is 5.75 Å². The van der Waals surface area contributed by atoms with E-state index in [1.807, 2.05) is 0 Å². The van der Waals surface area contributed by atoms with E-state index in [-0.39, 0.29) is 17.5 Å². The van der Waals surface area contributed by atoms with Gasteiger partial charge in [-0.2, -0.15) is 14.8 Å². The van der Waals surface area contributed by atoms with E-state index in [0.29, 0.717) is 22.9 Å². The molecule has 2 heterocycles. The molecule has 3 aromatic rings. The summed E-state index contributed by atoms with van der Waals surface area (Å²) in [6.45, 7) is 2.05. The number of thioether (sulfide) groups is 1. The molecular formula is C18H15N5OS. The maximum Gasteiger partial charge on any atom is 0.253 e. The van der Waals surface area contributed by atoms with Crippen LogP contribution in [0.2, 0.25) is 0 Å². The summed E-state index contributed by atoms with van der Waals surface area (Å²) in [5, 5.41) is 13.7. The Morgan fingerprint density at radius 2 is 2.12 bits per heavy atom. The minimum absolute atomic E-state index is 0.0861. The number of carbonyl (C=O) groups is 1. The fourth-order valence-electron chi connectivity index (χ4n) is 3.16. The van der Waals surface area contributed by atoms with Gasteiger partial charge < -0.3 is 0 Å². The number of hydrogen-bond donors (Lipinski definition) is 0. The average Bonchev–Trinajstić information content (AvgIpc) is 3.04. The molecule has 4 rings (SSSR count). The van der Waals surface area contributed by atoms with Gasteiger partial charge in [-0.1, -0.05) is 41.6 Å². The Balaban J connectivity index is 1.75. The number of carbonyl (C=O) groups excluding carboxylic acids is 1. The first kappa shape index (κ1) is 15.8. The molecule has 124 valence electrons. The maximum atomic E-state index is 12.6. The lowest BCUT2D eigenvalue weighted by molar-refractivity contribution is 0.0962. The van der Waals surface area contributed by atoms with Crippen LogP contribution in [0.5, 0.6) is 0 Å². The first-order chi connectivity index (χ1) is 12.2. The van der Waals surface area contributed by atoms with Crippen LogP contribution in [0.4, 0.5) is 0 Å². The zero-order valence-electron chi connectivity index (χ0n) is 13.6. The molecule has 0 saturated heterocycles. The molecule has 2 aromatic heterocycles. The highest BCUT2D eigenvalue weighted by Crippen LogP contribution is 2.32. The van der Waals surface area contributed by atoms with Crippen molar-refractivity contribution in [2.24, 2.45) is 0 Å².